The van der Waals surface area contributed by atoms with Crippen LogP contribution in [0.5, 0.6) is 5.75 Å². The van der Waals surface area contributed by atoms with Crippen molar-refractivity contribution in [2.45, 2.75) is 24.6 Å². The maximum Gasteiger partial charge on any atom is 0.573 e. The van der Waals surface area contributed by atoms with Gasteiger partial charge in [-0.1, -0.05) is 13.0 Å². The Kier molecular flexibility index (Phi) is 3.68. The van der Waals surface area contributed by atoms with E-state index in [2.05, 4.69) is 4.74 Å². The summed E-state index contributed by atoms with van der Waals surface area (Å²) in [6.07, 6.45) is -4.50. The first-order valence-electron chi connectivity index (χ1n) is 4.55. The molecule has 0 aliphatic carbocycles. The first-order valence-corrected chi connectivity index (χ1v) is 6.09. The van der Waals surface area contributed by atoms with E-state index in [1.165, 1.54) is 6.07 Å². The molecule has 0 unspecified atom stereocenters. The third-order valence-electron chi connectivity index (χ3n) is 1.95. The van der Waals surface area contributed by atoms with Crippen LogP contribution in [0.3, 0.4) is 0 Å². The number of sulfonamides is 1. The number of nitrogens with two attached hydrogens (primary N) is 1. The molecular formula is C9H10F3NO3S. The van der Waals surface area contributed by atoms with Gasteiger partial charge in [-0.25, -0.2) is 13.6 Å². The minimum atomic E-state index is -4.97. The number of hydrogen-bond donors (Lipinski definition) is 1. The number of alkyl halides is 3. The van der Waals surface area contributed by atoms with Crippen molar-refractivity contribution in [3.63, 3.8) is 0 Å². The molecular weight excluding hydrogens is 259 g/mol. The number of primary sulfonamides is 1. The average Bonchev–Trinajstić information content (AvgIpc) is 2.14. The topological polar surface area (TPSA) is 69.4 Å². The quantitative estimate of drug-likeness (QED) is 0.909. The highest BCUT2D eigenvalue weighted by atomic mass is 32.2. The molecule has 0 fully saturated rings. The van der Waals surface area contributed by atoms with Gasteiger partial charge >= 0.3 is 6.36 Å². The minimum Gasteiger partial charge on any atom is -0.404 e. The summed E-state index contributed by atoms with van der Waals surface area (Å²) in [6.45, 7) is 1.73. The van der Waals surface area contributed by atoms with E-state index in [1.54, 1.807) is 6.92 Å². The molecule has 17 heavy (non-hydrogen) atoms. The van der Waals surface area contributed by atoms with E-state index in [4.69, 9.17) is 5.14 Å². The van der Waals surface area contributed by atoms with Crippen molar-refractivity contribution in [1.82, 2.24) is 0 Å². The van der Waals surface area contributed by atoms with Crippen LogP contribution in [0, 0.1) is 0 Å². The van der Waals surface area contributed by atoms with Gasteiger partial charge in [0.25, 0.3) is 0 Å². The van der Waals surface area contributed by atoms with Gasteiger partial charge in [0.1, 0.15) is 10.6 Å². The van der Waals surface area contributed by atoms with Crippen molar-refractivity contribution in [2.75, 3.05) is 0 Å². The summed E-state index contributed by atoms with van der Waals surface area (Å²) in [6, 6.07) is 3.35. The van der Waals surface area contributed by atoms with Gasteiger partial charge in [0.15, 0.2) is 0 Å². The summed E-state index contributed by atoms with van der Waals surface area (Å²) < 4.78 is 62.0. The van der Waals surface area contributed by atoms with Crippen LogP contribution in [0.1, 0.15) is 12.5 Å². The van der Waals surface area contributed by atoms with E-state index in [1.807, 2.05) is 0 Å². The van der Waals surface area contributed by atoms with Crippen molar-refractivity contribution in [2.24, 2.45) is 5.14 Å². The zero-order valence-electron chi connectivity index (χ0n) is 8.78. The van der Waals surface area contributed by atoms with Crippen LogP contribution in [0.2, 0.25) is 0 Å². The van der Waals surface area contributed by atoms with Crippen LogP contribution < -0.4 is 9.88 Å². The molecule has 0 saturated heterocycles. The molecule has 0 aliphatic rings. The van der Waals surface area contributed by atoms with Crippen LogP contribution in [-0.2, 0) is 16.4 Å². The smallest absolute Gasteiger partial charge is 0.404 e. The van der Waals surface area contributed by atoms with Crippen LogP contribution in [-0.4, -0.2) is 14.8 Å². The summed E-state index contributed by atoms with van der Waals surface area (Å²) >= 11 is 0. The second-order valence-electron chi connectivity index (χ2n) is 3.23. The first-order chi connectivity index (χ1) is 7.63. The van der Waals surface area contributed by atoms with Crippen molar-refractivity contribution in [3.8, 4) is 5.75 Å². The lowest BCUT2D eigenvalue weighted by atomic mass is 10.2. The number of aryl methyl sites for hydroxylation is 1. The van der Waals surface area contributed by atoms with Gasteiger partial charge < -0.3 is 4.74 Å². The lowest BCUT2D eigenvalue weighted by Crippen LogP contribution is -2.21. The van der Waals surface area contributed by atoms with Gasteiger partial charge in [0.05, 0.1) is 0 Å². The molecule has 4 nitrogen and oxygen atoms in total. The van der Waals surface area contributed by atoms with E-state index in [9.17, 15) is 21.6 Å². The van der Waals surface area contributed by atoms with Crippen molar-refractivity contribution in [1.29, 1.82) is 0 Å². The Hall–Kier alpha value is -1.28. The van der Waals surface area contributed by atoms with E-state index < -0.39 is 27.0 Å². The Bertz CT molecular complexity index is 511. The average molecular weight is 269 g/mol. The van der Waals surface area contributed by atoms with Gasteiger partial charge in [-0.05, 0) is 24.1 Å². The predicted octanol–water partition coefficient (Wildman–Crippen LogP) is 1.80. The zero-order valence-corrected chi connectivity index (χ0v) is 9.60. The summed E-state index contributed by atoms with van der Waals surface area (Å²) in [7, 11) is -4.26. The highest BCUT2D eigenvalue weighted by Gasteiger charge is 2.33. The largest absolute Gasteiger partial charge is 0.573 e. The number of halogens is 3. The number of hydrogen-bond acceptors (Lipinski definition) is 3. The number of rotatable bonds is 3. The van der Waals surface area contributed by atoms with Gasteiger partial charge in [-0.15, -0.1) is 13.2 Å². The van der Waals surface area contributed by atoms with Crippen LogP contribution >= 0.6 is 0 Å². The van der Waals surface area contributed by atoms with Gasteiger partial charge in [0, 0.05) is 0 Å². The van der Waals surface area contributed by atoms with Gasteiger partial charge in [-0.3, -0.25) is 0 Å². The predicted molar refractivity (Wildman–Crippen MR) is 53.9 cm³/mol. The fraction of sp³-hybridized carbons (Fsp3) is 0.333. The SMILES string of the molecule is CCc1ccc(OC(F)(F)F)c(S(N)(=O)=O)c1. The Morgan fingerprint density at radius 2 is 1.94 bits per heavy atom. The molecule has 0 amide bonds. The monoisotopic (exact) mass is 269 g/mol. The van der Waals surface area contributed by atoms with Crippen LogP contribution in [0.4, 0.5) is 13.2 Å². The fourth-order valence-corrected chi connectivity index (χ4v) is 1.91. The van der Waals surface area contributed by atoms with Gasteiger partial charge in [0.2, 0.25) is 10.0 Å². The van der Waals surface area contributed by atoms with Crippen molar-refractivity contribution < 1.29 is 26.3 Å². The van der Waals surface area contributed by atoms with Gasteiger partial charge in [-0.2, -0.15) is 0 Å². The molecule has 0 radical (unpaired) electrons. The molecule has 2 N–H and O–H groups in total. The molecule has 96 valence electrons. The number of benzene rings is 1. The van der Waals surface area contributed by atoms with Crippen LogP contribution in [0.15, 0.2) is 23.1 Å². The highest BCUT2D eigenvalue weighted by molar-refractivity contribution is 7.89. The van der Waals surface area contributed by atoms with Crippen molar-refractivity contribution in [3.05, 3.63) is 23.8 Å². The van der Waals surface area contributed by atoms with E-state index >= 15 is 0 Å². The lowest BCUT2D eigenvalue weighted by Gasteiger charge is -2.12. The molecule has 0 aliphatic heterocycles. The molecule has 8 heteroatoms. The molecule has 1 rings (SSSR count). The van der Waals surface area contributed by atoms with E-state index in [0.717, 1.165) is 12.1 Å². The first kappa shape index (κ1) is 13.8. The number of ether oxygens (including phenoxy) is 1. The van der Waals surface area contributed by atoms with E-state index in [0.29, 0.717) is 12.0 Å². The maximum atomic E-state index is 12.0. The second kappa shape index (κ2) is 4.53. The maximum absolute atomic E-state index is 12.0. The third kappa shape index (κ3) is 3.90. The summed E-state index contributed by atoms with van der Waals surface area (Å²) in [4.78, 5) is -0.672. The summed E-state index contributed by atoms with van der Waals surface area (Å²) in [5.74, 6) is -0.822. The molecule has 0 bridgehead atoms. The van der Waals surface area contributed by atoms with E-state index in [-0.39, 0.29) is 0 Å². The Balaban J connectivity index is 3.31. The zero-order chi connectivity index (χ0) is 13.3. The lowest BCUT2D eigenvalue weighted by molar-refractivity contribution is -0.275. The van der Waals surface area contributed by atoms with Crippen LogP contribution in [0.25, 0.3) is 0 Å². The Morgan fingerprint density at radius 1 is 1.35 bits per heavy atom. The standard InChI is InChI=1S/C9H10F3NO3S/c1-2-6-3-4-7(16-9(10,11)12)8(5-6)17(13,14)15/h3-5H,2H2,1H3,(H2,13,14,15). The summed E-state index contributed by atoms with van der Waals surface area (Å²) in [5.41, 5.74) is 0.545. The molecule has 0 spiro atoms. The third-order valence-corrected chi connectivity index (χ3v) is 2.88. The summed E-state index contributed by atoms with van der Waals surface area (Å²) in [5, 5.41) is 4.82. The van der Waals surface area contributed by atoms with Crippen molar-refractivity contribution >= 4 is 10.0 Å². The Labute approximate surface area is 96.2 Å². The fourth-order valence-electron chi connectivity index (χ4n) is 1.20. The molecule has 0 atom stereocenters. The molecule has 1 aromatic carbocycles. The molecule has 0 saturated carbocycles. The molecule has 0 heterocycles. The molecule has 1 aromatic rings. The highest BCUT2D eigenvalue weighted by Crippen LogP contribution is 2.29. The minimum absolute atomic E-state index is 0.467. The normalized spacial score (nSPS) is 12.5. The molecule has 0 aromatic heterocycles. The Morgan fingerprint density at radius 3 is 2.35 bits per heavy atom. The second-order valence-corrected chi connectivity index (χ2v) is 4.76.